The van der Waals surface area contributed by atoms with Crippen LogP contribution in [-0.4, -0.2) is 18.6 Å². The van der Waals surface area contributed by atoms with Gasteiger partial charge in [-0.1, -0.05) is 6.42 Å². The quantitative estimate of drug-likeness (QED) is 0.902. The van der Waals surface area contributed by atoms with Gasteiger partial charge in [0, 0.05) is 13.6 Å². The smallest absolute Gasteiger partial charge is 0.146 e. The van der Waals surface area contributed by atoms with Crippen LogP contribution in [0.3, 0.4) is 0 Å². The van der Waals surface area contributed by atoms with Crippen molar-refractivity contribution in [1.29, 1.82) is 5.26 Å². The summed E-state index contributed by atoms with van der Waals surface area (Å²) in [5.41, 5.74) is 6.81. The number of fused-ring (bicyclic) bond motifs is 2. The molecule has 0 aliphatic heterocycles. The Morgan fingerprint density at radius 2 is 2.32 bits per heavy atom. The van der Waals surface area contributed by atoms with Gasteiger partial charge in [-0.3, -0.25) is 0 Å². The number of nitriles is 1. The number of nitrogens with two attached hydrogens (primary N) is 1. The Balaban J connectivity index is 1.74. The normalized spacial score (nSPS) is 28.3. The fourth-order valence-corrected chi connectivity index (χ4v) is 3.90. The minimum atomic E-state index is 0.550. The molecule has 3 rings (SSSR count). The summed E-state index contributed by atoms with van der Waals surface area (Å²) in [7, 11) is 2.03. The van der Waals surface area contributed by atoms with E-state index >= 15 is 0 Å². The highest BCUT2D eigenvalue weighted by molar-refractivity contribution is 5.58. The van der Waals surface area contributed by atoms with Gasteiger partial charge < -0.3 is 10.6 Å². The molecule has 0 amide bonds. The number of anilines is 2. The molecule has 0 radical (unpaired) electrons. The van der Waals surface area contributed by atoms with Crippen molar-refractivity contribution in [2.24, 2.45) is 17.8 Å². The van der Waals surface area contributed by atoms with Gasteiger partial charge in [0.15, 0.2) is 0 Å². The molecule has 2 bridgehead atoms. The second kappa shape index (κ2) is 4.73. The maximum absolute atomic E-state index is 9.19. The van der Waals surface area contributed by atoms with E-state index in [0.29, 0.717) is 11.3 Å². The molecule has 2 N–H and O–H groups in total. The van der Waals surface area contributed by atoms with E-state index in [9.17, 15) is 5.26 Å². The molecular weight excluding hydrogens is 236 g/mol. The van der Waals surface area contributed by atoms with Gasteiger partial charge in [0.05, 0.1) is 17.4 Å². The van der Waals surface area contributed by atoms with Crippen molar-refractivity contribution in [3.05, 3.63) is 17.8 Å². The molecule has 3 atom stereocenters. The van der Waals surface area contributed by atoms with E-state index < -0.39 is 0 Å². The Hall–Kier alpha value is -1.76. The molecule has 2 aliphatic rings. The highest BCUT2D eigenvalue weighted by Crippen LogP contribution is 2.48. The first-order valence-corrected chi connectivity index (χ1v) is 7.04. The Morgan fingerprint density at radius 3 is 2.95 bits per heavy atom. The van der Waals surface area contributed by atoms with Crippen LogP contribution in [-0.2, 0) is 0 Å². The number of aromatic nitrogens is 1. The van der Waals surface area contributed by atoms with Crippen molar-refractivity contribution in [2.45, 2.75) is 25.7 Å². The second-order valence-electron chi connectivity index (χ2n) is 6.07. The lowest BCUT2D eigenvalue weighted by Crippen LogP contribution is -2.29. The Morgan fingerprint density at radius 1 is 1.47 bits per heavy atom. The van der Waals surface area contributed by atoms with Gasteiger partial charge in [0.2, 0.25) is 0 Å². The van der Waals surface area contributed by atoms with Crippen LogP contribution < -0.4 is 10.6 Å². The zero-order chi connectivity index (χ0) is 13.4. The number of pyridine rings is 1. The van der Waals surface area contributed by atoms with Crippen molar-refractivity contribution >= 4 is 11.5 Å². The van der Waals surface area contributed by atoms with E-state index in [2.05, 4.69) is 16.0 Å². The monoisotopic (exact) mass is 256 g/mol. The summed E-state index contributed by atoms with van der Waals surface area (Å²) < 4.78 is 0. The van der Waals surface area contributed by atoms with E-state index in [0.717, 1.165) is 30.1 Å². The molecule has 0 saturated heterocycles. The first-order valence-electron chi connectivity index (χ1n) is 7.04. The van der Waals surface area contributed by atoms with Gasteiger partial charge in [0.25, 0.3) is 0 Å². The lowest BCUT2D eigenvalue weighted by molar-refractivity contribution is 0.337. The summed E-state index contributed by atoms with van der Waals surface area (Å²) in [4.78, 5) is 6.46. The standard InChI is InChI=1S/C15H20N4/c1-19(9-13-5-10-2-3-11(13)4-10)15-12(7-16)6-14(17)8-18-15/h6,8,10-11,13H,2-5,9,17H2,1H3. The van der Waals surface area contributed by atoms with E-state index in [-0.39, 0.29) is 0 Å². The molecule has 1 aromatic heterocycles. The van der Waals surface area contributed by atoms with Gasteiger partial charge in [-0.2, -0.15) is 5.26 Å². The number of hydrogen-bond donors (Lipinski definition) is 1. The molecule has 0 aromatic carbocycles. The summed E-state index contributed by atoms with van der Waals surface area (Å²) in [6.07, 6.45) is 7.22. The number of nitrogens with zero attached hydrogens (tertiary/aromatic N) is 3. The molecule has 4 nitrogen and oxygen atoms in total. The molecule has 2 aliphatic carbocycles. The van der Waals surface area contributed by atoms with Crippen molar-refractivity contribution in [3.63, 3.8) is 0 Å². The van der Waals surface area contributed by atoms with Crippen LogP contribution >= 0.6 is 0 Å². The maximum atomic E-state index is 9.19. The van der Waals surface area contributed by atoms with E-state index in [1.807, 2.05) is 7.05 Å². The second-order valence-corrected chi connectivity index (χ2v) is 6.07. The molecular formula is C15H20N4. The van der Waals surface area contributed by atoms with Gasteiger partial charge in [-0.05, 0) is 43.1 Å². The lowest BCUT2D eigenvalue weighted by Gasteiger charge is -2.28. The minimum Gasteiger partial charge on any atom is -0.397 e. The van der Waals surface area contributed by atoms with Crippen molar-refractivity contribution < 1.29 is 0 Å². The molecule has 2 saturated carbocycles. The molecule has 19 heavy (non-hydrogen) atoms. The Bertz CT molecular complexity index is 519. The van der Waals surface area contributed by atoms with Crippen molar-refractivity contribution in [2.75, 3.05) is 24.2 Å². The highest BCUT2D eigenvalue weighted by Gasteiger charge is 2.39. The third-order valence-corrected chi connectivity index (χ3v) is 4.76. The van der Waals surface area contributed by atoms with Gasteiger partial charge in [0.1, 0.15) is 11.9 Å². The van der Waals surface area contributed by atoms with Gasteiger partial charge in [-0.15, -0.1) is 0 Å². The largest absolute Gasteiger partial charge is 0.397 e. The number of hydrogen-bond acceptors (Lipinski definition) is 4. The first kappa shape index (κ1) is 12.3. The van der Waals surface area contributed by atoms with E-state index in [4.69, 9.17) is 5.73 Å². The average Bonchev–Trinajstić information content (AvgIpc) is 3.00. The van der Waals surface area contributed by atoms with Gasteiger partial charge in [-0.25, -0.2) is 4.98 Å². The van der Waals surface area contributed by atoms with Crippen LogP contribution in [0.5, 0.6) is 0 Å². The summed E-state index contributed by atoms with van der Waals surface area (Å²) in [6, 6.07) is 3.90. The molecule has 1 aromatic rings. The first-order chi connectivity index (χ1) is 9.17. The molecule has 0 spiro atoms. The van der Waals surface area contributed by atoms with Crippen LogP contribution in [0.2, 0.25) is 0 Å². The van der Waals surface area contributed by atoms with Crippen LogP contribution in [0.4, 0.5) is 11.5 Å². The van der Waals surface area contributed by atoms with Crippen LogP contribution in [0.15, 0.2) is 12.3 Å². The van der Waals surface area contributed by atoms with Crippen molar-refractivity contribution in [3.8, 4) is 6.07 Å². The fourth-order valence-electron chi connectivity index (χ4n) is 3.90. The van der Waals surface area contributed by atoms with Crippen LogP contribution in [0.1, 0.15) is 31.2 Å². The topological polar surface area (TPSA) is 65.9 Å². The third-order valence-electron chi connectivity index (χ3n) is 4.76. The predicted molar refractivity (Wildman–Crippen MR) is 75.6 cm³/mol. The summed E-state index contributed by atoms with van der Waals surface area (Å²) in [5, 5.41) is 9.19. The average molecular weight is 256 g/mol. The predicted octanol–water partition coefficient (Wildman–Crippen LogP) is 2.41. The molecule has 1 heterocycles. The van der Waals surface area contributed by atoms with E-state index in [1.165, 1.54) is 25.7 Å². The Labute approximate surface area is 114 Å². The number of nitrogen functional groups attached to an aromatic ring is 1. The molecule has 100 valence electrons. The lowest BCUT2D eigenvalue weighted by atomic mass is 9.88. The number of rotatable bonds is 3. The van der Waals surface area contributed by atoms with Gasteiger partial charge >= 0.3 is 0 Å². The fraction of sp³-hybridized carbons (Fsp3) is 0.600. The Kier molecular flexibility index (Phi) is 3.06. The van der Waals surface area contributed by atoms with Crippen LogP contribution in [0.25, 0.3) is 0 Å². The van der Waals surface area contributed by atoms with E-state index in [1.54, 1.807) is 12.3 Å². The van der Waals surface area contributed by atoms with Crippen LogP contribution in [0, 0.1) is 29.1 Å². The maximum Gasteiger partial charge on any atom is 0.146 e. The minimum absolute atomic E-state index is 0.550. The SMILES string of the molecule is CN(CC1CC2CCC1C2)c1ncc(N)cc1C#N. The molecule has 3 unspecified atom stereocenters. The van der Waals surface area contributed by atoms with Crippen molar-refractivity contribution in [1.82, 2.24) is 4.98 Å². The highest BCUT2D eigenvalue weighted by atomic mass is 15.2. The summed E-state index contributed by atoms with van der Waals surface area (Å²) in [6.45, 7) is 1.01. The summed E-state index contributed by atoms with van der Waals surface area (Å²) in [5.74, 6) is 3.39. The third kappa shape index (κ3) is 2.25. The zero-order valence-electron chi connectivity index (χ0n) is 11.3. The zero-order valence-corrected chi connectivity index (χ0v) is 11.3. The molecule has 4 heteroatoms. The summed E-state index contributed by atoms with van der Waals surface area (Å²) >= 11 is 0. The molecule has 2 fully saturated rings.